The number of nitrogens with zero attached hydrogens (tertiary/aromatic N) is 1. The van der Waals surface area contributed by atoms with E-state index in [1.54, 1.807) is 41.3 Å². The fraction of sp³-hybridized carbons (Fsp3) is 0.222. The summed E-state index contributed by atoms with van der Waals surface area (Å²) in [4.78, 5) is 39.4. The Bertz CT molecular complexity index is 1090. The zero-order valence-electron chi connectivity index (χ0n) is 18.4. The standard InChI is InChI=1S/C27H27N3O3/c31-25(28-19-20-7-3-1-4-8-20)22-15-17-30(18-16-22)27(33)23-11-13-24(14-12-23)29-26(32)21-9-5-2-6-10-21/h1-14,22H,15-19H2,(H,28,31)(H,29,32). The van der Waals surface area contributed by atoms with Crippen LogP contribution in [0.1, 0.15) is 39.1 Å². The van der Waals surface area contributed by atoms with Gasteiger partial charge in [0.2, 0.25) is 5.91 Å². The van der Waals surface area contributed by atoms with Gasteiger partial charge < -0.3 is 15.5 Å². The second-order valence-electron chi connectivity index (χ2n) is 8.17. The first-order chi connectivity index (χ1) is 16.1. The molecule has 168 valence electrons. The molecule has 3 aromatic rings. The molecule has 1 saturated heterocycles. The molecule has 1 aliphatic heterocycles. The number of piperidine rings is 1. The highest BCUT2D eigenvalue weighted by molar-refractivity contribution is 6.04. The van der Waals surface area contributed by atoms with Gasteiger partial charge in [0.1, 0.15) is 0 Å². The molecule has 3 aromatic carbocycles. The van der Waals surface area contributed by atoms with Gasteiger partial charge in [-0.25, -0.2) is 0 Å². The summed E-state index contributed by atoms with van der Waals surface area (Å²) < 4.78 is 0. The van der Waals surface area contributed by atoms with Crippen LogP contribution in [0.25, 0.3) is 0 Å². The summed E-state index contributed by atoms with van der Waals surface area (Å²) in [5.74, 6) is -0.279. The van der Waals surface area contributed by atoms with E-state index < -0.39 is 0 Å². The molecule has 2 N–H and O–H groups in total. The molecule has 3 amide bonds. The largest absolute Gasteiger partial charge is 0.352 e. The number of hydrogen-bond donors (Lipinski definition) is 2. The molecule has 6 heteroatoms. The molecule has 0 bridgehead atoms. The van der Waals surface area contributed by atoms with E-state index in [1.807, 2.05) is 48.5 Å². The van der Waals surface area contributed by atoms with Crippen molar-refractivity contribution in [2.24, 2.45) is 5.92 Å². The minimum absolute atomic E-state index is 0.0458. The maximum Gasteiger partial charge on any atom is 0.255 e. The average molecular weight is 442 g/mol. The molecule has 0 aromatic heterocycles. The summed E-state index contributed by atoms with van der Waals surface area (Å²) >= 11 is 0. The van der Waals surface area contributed by atoms with Crippen LogP contribution in [0, 0.1) is 5.92 Å². The van der Waals surface area contributed by atoms with Crippen LogP contribution < -0.4 is 10.6 Å². The van der Waals surface area contributed by atoms with Crippen LogP contribution in [0.3, 0.4) is 0 Å². The summed E-state index contributed by atoms with van der Waals surface area (Å²) in [6, 6.07) is 25.7. The van der Waals surface area contributed by atoms with Crippen molar-refractivity contribution < 1.29 is 14.4 Å². The predicted octanol–water partition coefficient (Wildman–Crippen LogP) is 4.11. The number of carbonyl (C=O) groups excluding carboxylic acids is 3. The fourth-order valence-electron chi connectivity index (χ4n) is 3.95. The summed E-state index contributed by atoms with van der Waals surface area (Å²) in [6.07, 6.45) is 1.30. The predicted molar refractivity (Wildman–Crippen MR) is 128 cm³/mol. The Morgan fingerprint density at radius 2 is 1.36 bits per heavy atom. The quantitative estimate of drug-likeness (QED) is 0.604. The van der Waals surface area contributed by atoms with Crippen LogP contribution in [0.2, 0.25) is 0 Å². The maximum absolute atomic E-state index is 12.9. The molecular formula is C27H27N3O3. The van der Waals surface area contributed by atoms with E-state index in [-0.39, 0.29) is 23.6 Å². The molecule has 0 unspecified atom stereocenters. The summed E-state index contributed by atoms with van der Waals surface area (Å²) in [5, 5.41) is 5.84. The highest BCUT2D eigenvalue weighted by atomic mass is 16.2. The number of likely N-dealkylation sites (tertiary alicyclic amines) is 1. The van der Waals surface area contributed by atoms with Crippen LogP contribution in [-0.4, -0.2) is 35.7 Å². The van der Waals surface area contributed by atoms with Gasteiger partial charge >= 0.3 is 0 Å². The zero-order valence-corrected chi connectivity index (χ0v) is 18.4. The normalized spacial score (nSPS) is 13.9. The van der Waals surface area contributed by atoms with Gasteiger partial charge in [0.15, 0.2) is 0 Å². The maximum atomic E-state index is 12.9. The van der Waals surface area contributed by atoms with Gasteiger partial charge in [0, 0.05) is 42.4 Å². The Kier molecular flexibility index (Phi) is 7.15. The zero-order chi connectivity index (χ0) is 23.0. The molecule has 0 spiro atoms. The van der Waals surface area contributed by atoms with Crippen LogP contribution in [-0.2, 0) is 11.3 Å². The Hall–Kier alpha value is -3.93. The third-order valence-corrected chi connectivity index (χ3v) is 5.89. The first kappa shape index (κ1) is 22.3. The topological polar surface area (TPSA) is 78.5 Å². The number of hydrogen-bond acceptors (Lipinski definition) is 3. The van der Waals surface area contributed by atoms with Crippen molar-refractivity contribution >= 4 is 23.4 Å². The van der Waals surface area contributed by atoms with Crippen LogP contribution in [0.15, 0.2) is 84.9 Å². The molecule has 0 aliphatic carbocycles. The van der Waals surface area contributed by atoms with Crippen molar-refractivity contribution in [1.82, 2.24) is 10.2 Å². The Labute approximate surface area is 193 Å². The Balaban J connectivity index is 1.26. The van der Waals surface area contributed by atoms with Gasteiger partial charge in [-0.3, -0.25) is 14.4 Å². The van der Waals surface area contributed by atoms with Gasteiger partial charge in [0.05, 0.1) is 0 Å². The number of rotatable bonds is 6. The van der Waals surface area contributed by atoms with E-state index in [2.05, 4.69) is 10.6 Å². The molecular weight excluding hydrogens is 414 g/mol. The van der Waals surface area contributed by atoms with E-state index in [0.717, 1.165) is 5.56 Å². The number of benzene rings is 3. The van der Waals surface area contributed by atoms with Crippen LogP contribution >= 0.6 is 0 Å². The van der Waals surface area contributed by atoms with Crippen LogP contribution in [0.4, 0.5) is 5.69 Å². The van der Waals surface area contributed by atoms with Gasteiger partial charge in [-0.15, -0.1) is 0 Å². The first-order valence-corrected chi connectivity index (χ1v) is 11.2. The third-order valence-electron chi connectivity index (χ3n) is 5.89. The smallest absolute Gasteiger partial charge is 0.255 e. The van der Waals surface area contributed by atoms with Crippen molar-refractivity contribution in [1.29, 1.82) is 0 Å². The van der Waals surface area contributed by atoms with E-state index in [1.165, 1.54) is 0 Å². The molecule has 0 atom stereocenters. The van der Waals surface area contributed by atoms with Crippen molar-refractivity contribution in [2.75, 3.05) is 18.4 Å². The summed E-state index contributed by atoms with van der Waals surface area (Å²) in [7, 11) is 0. The van der Waals surface area contributed by atoms with Crippen LogP contribution in [0.5, 0.6) is 0 Å². The minimum Gasteiger partial charge on any atom is -0.352 e. The monoisotopic (exact) mass is 441 g/mol. The third kappa shape index (κ3) is 5.86. The molecule has 33 heavy (non-hydrogen) atoms. The second kappa shape index (κ2) is 10.6. The molecule has 0 saturated carbocycles. The first-order valence-electron chi connectivity index (χ1n) is 11.2. The number of nitrogens with one attached hydrogen (secondary N) is 2. The lowest BCUT2D eigenvalue weighted by Crippen LogP contribution is -2.42. The fourth-order valence-corrected chi connectivity index (χ4v) is 3.95. The number of anilines is 1. The SMILES string of the molecule is O=C(Nc1ccc(C(=O)N2CCC(C(=O)NCc3ccccc3)CC2)cc1)c1ccccc1. The van der Waals surface area contributed by atoms with E-state index in [9.17, 15) is 14.4 Å². The number of carbonyl (C=O) groups is 3. The highest BCUT2D eigenvalue weighted by Gasteiger charge is 2.27. The van der Waals surface area contributed by atoms with E-state index >= 15 is 0 Å². The average Bonchev–Trinajstić information content (AvgIpc) is 2.88. The van der Waals surface area contributed by atoms with Gasteiger partial charge in [-0.1, -0.05) is 48.5 Å². The van der Waals surface area contributed by atoms with E-state index in [4.69, 9.17) is 0 Å². The number of amides is 3. The lowest BCUT2D eigenvalue weighted by molar-refractivity contribution is -0.126. The van der Waals surface area contributed by atoms with Crippen molar-refractivity contribution in [3.8, 4) is 0 Å². The molecule has 4 rings (SSSR count). The summed E-state index contributed by atoms with van der Waals surface area (Å²) in [5.41, 5.74) is 2.85. The van der Waals surface area contributed by atoms with Gasteiger partial charge in [-0.05, 0) is 54.8 Å². The molecule has 1 heterocycles. The Morgan fingerprint density at radius 3 is 2.00 bits per heavy atom. The molecule has 6 nitrogen and oxygen atoms in total. The van der Waals surface area contributed by atoms with Gasteiger partial charge in [0.25, 0.3) is 11.8 Å². The lowest BCUT2D eigenvalue weighted by atomic mass is 9.95. The van der Waals surface area contributed by atoms with Crippen molar-refractivity contribution in [3.05, 3.63) is 102 Å². The van der Waals surface area contributed by atoms with Crippen molar-refractivity contribution in [2.45, 2.75) is 19.4 Å². The molecule has 1 aliphatic rings. The Morgan fingerprint density at radius 1 is 0.758 bits per heavy atom. The molecule has 0 radical (unpaired) electrons. The summed E-state index contributed by atoms with van der Waals surface area (Å²) in [6.45, 7) is 1.62. The highest BCUT2D eigenvalue weighted by Crippen LogP contribution is 2.20. The van der Waals surface area contributed by atoms with Crippen molar-refractivity contribution in [3.63, 3.8) is 0 Å². The minimum atomic E-state index is -0.192. The second-order valence-corrected chi connectivity index (χ2v) is 8.17. The lowest BCUT2D eigenvalue weighted by Gasteiger charge is -2.31. The van der Waals surface area contributed by atoms with E-state index in [0.29, 0.717) is 49.3 Å². The molecule has 1 fully saturated rings. The van der Waals surface area contributed by atoms with Gasteiger partial charge in [-0.2, -0.15) is 0 Å².